The fourth-order valence-corrected chi connectivity index (χ4v) is 5.34. The zero-order valence-electron chi connectivity index (χ0n) is 18.8. The van der Waals surface area contributed by atoms with Crippen LogP contribution in [-0.4, -0.2) is 51.0 Å². The van der Waals surface area contributed by atoms with E-state index < -0.39 is 16.1 Å². The Bertz CT molecular complexity index is 1480. The lowest BCUT2D eigenvalue weighted by atomic mass is 10.1. The van der Waals surface area contributed by atoms with Crippen LogP contribution in [0.5, 0.6) is 0 Å². The molecule has 0 bridgehead atoms. The first-order valence-electron chi connectivity index (χ1n) is 11.0. The number of benzene rings is 1. The van der Waals surface area contributed by atoms with E-state index in [1.54, 1.807) is 16.7 Å². The third kappa shape index (κ3) is 4.19. The molecule has 11 heteroatoms. The van der Waals surface area contributed by atoms with Crippen LogP contribution in [0.3, 0.4) is 0 Å². The first kappa shape index (κ1) is 22.2. The lowest BCUT2D eigenvalue weighted by Gasteiger charge is -2.30. The molecule has 1 N–H and O–H groups in total. The number of fused-ring (bicyclic) bond motifs is 1. The number of sulfonamides is 1. The summed E-state index contributed by atoms with van der Waals surface area (Å²) in [7, 11) is -3.39. The third-order valence-corrected chi connectivity index (χ3v) is 7.29. The molecule has 0 aliphatic carbocycles. The van der Waals surface area contributed by atoms with Crippen molar-refractivity contribution in [3.05, 3.63) is 65.9 Å². The van der Waals surface area contributed by atoms with Crippen LogP contribution in [-0.2, 0) is 10.0 Å². The average molecular weight is 481 g/mol. The minimum atomic E-state index is -3.39. The lowest BCUT2D eigenvalue weighted by molar-refractivity contribution is 0.102. The Hall–Kier alpha value is -3.57. The predicted octanol–water partition coefficient (Wildman–Crippen LogP) is 3.43. The van der Waals surface area contributed by atoms with Gasteiger partial charge in [0.05, 0.1) is 12.5 Å². The second-order valence-corrected chi connectivity index (χ2v) is 10.3. The van der Waals surface area contributed by atoms with E-state index >= 15 is 0 Å². The van der Waals surface area contributed by atoms with Crippen LogP contribution >= 0.6 is 0 Å². The van der Waals surface area contributed by atoms with Gasteiger partial charge in [-0.1, -0.05) is 29.8 Å². The summed E-state index contributed by atoms with van der Waals surface area (Å²) < 4.78 is 33.0. The van der Waals surface area contributed by atoms with E-state index in [-0.39, 0.29) is 11.8 Å². The number of amides is 1. The molecule has 10 nitrogen and oxygen atoms in total. The van der Waals surface area contributed by atoms with E-state index in [9.17, 15) is 13.2 Å². The highest BCUT2D eigenvalue weighted by Crippen LogP contribution is 2.33. The monoisotopic (exact) mass is 480 g/mol. The Morgan fingerprint density at radius 3 is 2.88 bits per heavy atom. The molecule has 3 aromatic heterocycles. The van der Waals surface area contributed by atoms with Gasteiger partial charge in [0.15, 0.2) is 0 Å². The first-order valence-corrected chi connectivity index (χ1v) is 12.8. The topological polar surface area (TPSA) is 123 Å². The van der Waals surface area contributed by atoms with Crippen molar-refractivity contribution in [1.82, 2.24) is 23.8 Å². The summed E-state index contributed by atoms with van der Waals surface area (Å²) in [4.78, 5) is 21.7. The van der Waals surface area contributed by atoms with E-state index in [2.05, 4.69) is 20.4 Å². The van der Waals surface area contributed by atoms with Gasteiger partial charge < -0.3 is 9.84 Å². The van der Waals surface area contributed by atoms with Crippen LogP contribution in [0, 0.1) is 6.92 Å². The molecule has 1 aliphatic rings. The number of carbonyl (C=O) groups excluding carboxylic acids is 1. The molecular formula is C23H24N6O4S. The number of nitrogens with one attached hydrogen (secondary N) is 1. The minimum Gasteiger partial charge on any atom is -0.337 e. The Labute approximate surface area is 196 Å². The molecular weight excluding hydrogens is 456 g/mol. The van der Waals surface area contributed by atoms with Crippen molar-refractivity contribution < 1.29 is 17.7 Å². The molecule has 4 aromatic rings. The van der Waals surface area contributed by atoms with Gasteiger partial charge in [0.1, 0.15) is 17.4 Å². The Morgan fingerprint density at radius 1 is 1.21 bits per heavy atom. The van der Waals surface area contributed by atoms with Gasteiger partial charge in [0.2, 0.25) is 21.7 Å². The van der Waals surface area contributed by atoms with Crippen molar-refractivity contribution in [2.75, 3.05) is 18.1 Å². The van der Waals surface area contributed by atoms with Crippen LogP contribution in [0.2, 0.25) is 0 Å². The second kappa shape index (κ2) is 8.65. The molecule has 1 fully saturated rings. The van der Waals surface area contributed by atoms with E-state index in [1.807, 2.05) is 37.3 Å². The maximum Gasteiger partial charge on any atom is 0.274 e. The molecule has 1 aliphatic heterocycles. The van der Waals surface area contributed by atoms with Crippen molar-refractivity contribution in [2.24, 2.45) is 0 Å². The van der Waals surface area contributed by atoms with Gasteiger partial charge in [-0.25, -0.2) is 13.4 Å². The molecule has 4 heterocycles. The fourth-order valence-electron chi connectivity index (χ4n) is 4.22. The molecule has 34 heavy (non-hydrogen) atoms. The first-order chi connectivity index (χ1) is 16.3. The van der Waals surface area contributed by atoms with Gasteiger partial charge in [0, 0.05) is 24.0 Å². The molecule has 0 radical (unpaired) electrons. The summed E-state index contributed by atoms with van der Waals surface area (Å²) in [6, 6.07) is 10.5. The Kier molecular flexibility index (Phi) is 5.66. The van der Waals surface area contributed by atoms with Crippen molar-refractivity contribution in [3.63, 3.8) is 0 Å². The number of aromatic nitrogens is 4. The highest BCUT2D eigenvalue weighted by Gasteiger charge is 2.34. The summed E-state index contributed by atoms with van der Waals surface area (Å²) in [5.41, 5.74) is 3.22. The number of piperidine rings is 1. The standard InChI is InChI=1S/C23H24N6O4S/c1-15-9-10-16(13-17(15)25-22(30)19-14-24-20-8-4-5-11-28(19)20)21-26-23(33-27-21)18-7-3-6-12-29(18)34(2,31)32/h4-5,8-11,13-14,18H,3,6-7,12H2,1-2H3,(H,25,30)/t18-/m0/s1. The maximum atomic E-state index is 12.9. The molecule has 0 saturated carbocycles. The zero-order chi connectivity index (χ0) is 23.9. The second-order valence-electron chi connectivity index (χ2n) is 8.40. The van der Waals surface area contributed by atoms with Gasteiger partial charge in [-0.05, 0) is 43.5 Å². The summed E-state index contributed by atoms with van der Waals surface area (Å²) >= 11 is 0. The van der Waals surface area contributed by atoms with Crippen LogP contribution in [0.25, 0.3) is 17.0 Å². The summed E-state index contributed by atoms with van der Waals surface area (Å²) in [6.45, 7) is 2.33. The minimum absolute atomic E-state index is 0.275. The van der Waals surface area contributed by atoms with Gasteiger partial charge >= 0.3 is 0 Å². The molecule has 0 unspecified atom stereocenters. The van der Waals surface area contributed by atoms with Crippen molar-refractivity contribution in [2.45, 2.75) is 32.2 Å². The summed E-state index contributed by atoms with van der Waals surface area (Å²) in [5.74, 6) is 0.315. The Balaban J connectivity index is 1.41. The zero-order valence-corrected chi connectivity index (χ0v) is 19.6. The van der Waals surface area contributed by atoms with Crippen LogP contribution in [0.4, 0.5) is 5.69 Å². The molecule has 0 spiro atoms. The number of imidazole rings is 1. The van der Waals surface area contributed by atoms with E-state index in [0.29, 0.717) is 41.4 Å². The smallest absolute Gasteiger partial charge is 0.274 e. The molecule has 176 valence electrons. The number of nitrogens with zero attached hydrogens (tertiary/aromatic N) is 5. The van der Waals surface area contributed by atoms with E-state index in [1.165, 1.54) is 16.8 Å². The molecule has 5 rings (SSSR count). The SMILES string of the molecule is Cc1ccc(-c2noc([C@@H]3CCCCN3S(C)(=O)=O)n2)cc1NC(=O)c1cnc2ccccn12. The van der Waals surface area contributed by atoms with Crippen LogP contribution < -0.4 is 5.32 Å². The lowest BCUT2D eigenvalue weighted by Crippen LogP contribution is -2.37. The number of hydrogen-bond donors (Lipinski definition) is 1. The molecule has 1 amide bonds. The van der Waals surface area contributed by atoms with Crippen LogP contribution in [0.15, 0.2) is 53.3 Å². The van der Waals surface area contributed by atoms with Crippen molar-refractivity contribution >= 4 is 27.3 Å². The van der Waals surface area contributed by atoms with E-state index in [0.717, 1.165) is 18.4 Å². The number of aryl methyl sites for hydroxylation is 1. The maximum absolute atomic E-state index is 12.9. The summed E-state index contributed by atoms with van der Waals surface area (Å²) in [6.07, 6.45) is 6.83. The fraction of sp³-hybridized carbons (Fsp3) is 0.304. The number of rotatable bonds is 5. The normalized spacial score (nSPS) is 17.2. The third-order valence-electron chi connectivity index (χ3n) is 6.00. The Morgan fingerprint density at radius 2 is 2.06 bits per heavy atom. The summed E-state index contributed by atoms with van der Waals surface area (Å²) in [5, 5.41) is 7.02. The predicted molar refractivity (Wildman–Crippen MR) is 126 cm³/mol. The van der Waals surface area contributed by atoms with Gasteiger partial charge in [-0.3, -0.25) is 9.20 Å². The van der Waals surface area contributed by atoms with Gasteiger partial charge in [0.25, 0.3) is 5.91 Å². The van der Waals surface area contributed by atoms with Gasteiger partial charge in [-0.15, -0.1) is 0 Å². The van der Waals surface area contributed by atoms with Crippen molar-refractivity contribution in [1.29, 1.82) is 0 Å². The molecule has 1 aromatic carbocycles. The highest BCUT2D eigenvalue weighted by molar-refractivity contribution is 7.88. The molecule has 1 atom stereocenters. The number of hydrogen-bond acceptors (Lipinski definition) is 7. The number of pyridine rings is 1. The molecule has 1 saturated heterocycles. The quantitative estimate of drug-likeness (QED) is 0.464. The average Bonchev–Trinajstić information content (AvgIpc) is 3.48. The highest BCUT2D eigenvalue weighted by atomic mass is 32.2. The number of carbonyl (C=O) groups is 1. The van der Waals surface area contributed by atoms with Crippen LogP contribution in [0.1, 0.15) is 47.2 Å². The van der Waals surface area contributed by atoms with Gasteiger partial charge in [-0.2, -0.15) is 9.29 Å². The number of anilines is 1. The van der Waals surface area contributed by atoms with E-state index in [4.69, 9.17) is 4.52 Å². The largest absolute Gasteiger partial charge is 0.337 e. The van der Waals surface area contributed by atoms with Crippen molar-refractivity contribution in [3.8, 4) is 11.4 Å².